The summed E-state index contributed by atoms with van der Waals surface area (Å²) >= 11 is 6.38. The predicted octanol–water partition coefficient (Wildman–Crippen LogP) is 2.31. The van der Waals surface area contributed by atoms with Crippen LogP contribution in [0.5, 0.6) is 0 Å². The van der Waals surface area contributed by atoms with Crippen molar-refractivity contribution in [3.8, 4) is 0 Å². The molecule has 0 spiro atoms. The number of anilines is 3. The zero-order chi connectivity index (χ0) is 28.8. The van der Waals surface area contributed by atoms with Gasteiger partial charge in [0.2, 0.25) is 5.95 Å². The number of hydrogen-bond donors (Lipinski definition) is 3. The SMILES string of the molecule is C[C@@H]1CN(c2ncc(Cl)c(Nc3ccc4c(c3)n(CCC(O)NC3COC3)c(=O)c(=O)n4C)n2)C[C@H](C)C1(F)F. The van der Waals surface area contributed by atoms with Gasteiger partial charge >= 0.3 is 11.1 Å². The van der Waals surface area contributed by atoms with Gasteiger partial charge in [-0.2, -0.15) is 4.98 Å². The Morgan fingerprint density at radius 3 is 2.52 bits per heavy atom. The molecule has 3 N–H and O–H groups in total. The van der Waals surface area contributed by atoms with E-state index in [0.717, 1.165) is 0 Å². The van der Waals surface area contributed by atoms with Gasteiger partial charge in [-0.05, 0) is 18.2 Å². The minimum atomic E-state index is -2.78. The van der Waals surface area contributed by atoms with Crippen molar-refractivity contribution < 1.29 is 18.6 Å². The molecule has 2 aliphatic heterocycles. The summed E-state index contributed by atoms with van der Waals surface area (Å²) in [6, 6.07) is 5.16. The molecular weight excluding hydrogens is 548 g/mol. The first-order valence-electron chi connectivity index (χ1n) is 13.1. The topological polar surface area (TPSA) is 127 Å². The quantitative estimate of drug-likeness (QED) is 0.272. The summed E-state index contributed by atoms with van der Waals surface area (Å²) in [6.07, 6.45) is 0.735. The Bertz CT molecular complexity index is 1510. The van der Waals surface area contributed by atoms with Crippen LogP contribution in [-0.2, 0) is 18.3 Å². The fourth-order valence-electron chi connectivity index (χ4n) is 5.10. The molecule has 3 atom stereocenters. The van der Waals surface area contributed by atoms with Crippen molar-refractivity contribution in [2.75, 3.05) is 36.5 Å². The van der Waals surface area contributed by atoms with Crippen molar-refractivity contribution in [3.63, 3.8) is 0 Å². The first kappa shape index (κ1) is 28.4. The summed E-state index contributed by atoms with van der Waals surface area (Å²) in [4.78, 5) is 36.0. The van der Waals surface area contributed by atoms with Crippen LogP contribution in [-0.4, -0.2) is 68.7 Å². The molecule has 0 amide bonds. The molecule has 4 heterocycles. The second-order valence-corrected chi connectivity index (χ2v) is 11.0. The van der Waals surface area contributed by atoms with Crippen LogP contribution in [0.4, 0.5) is 26.2 Å². The lowest BCUT2D eigenvalue weighted by Crippen LogP contribution is -2.52. The zero-order valence-corrected chi connectivity index (χ0v) is 23.2. The van der Waals surface area contributed by atoms with Gasteiger partial charge in [-0.15, -0.1) is 0 Å². The van der Waals surface area contributed by atoms with Crippen LogP contribution < -0.4 is 26.7 Å². The van der Waals surface area contributed by atoms with Gasteiger partial charge in [0.1, 0.15) is 11.3 Å². The third-order valence-corrected chi connectivity index (χ3v) is 7.91. The minimum Gasteiger partial charge on any atom is -0.379 e. The fraction of sp³-hybridized carbons (Fsp3) is 0.538. The summed E-state index contributed by atoms with van der Waals surface area (Å²) in [7, 11) is 1.52. The van der Waals surface area contributed by atoms with E-state index in [1.165, 1.54) is 36.2 Å². The molecule has 216 valence electrons. The van der Waals surface area contributed by atoms with Crippen LogP contribution in [0.2, 0.25) is 5.02 Å². The highest BCUT2D eigenvalue weighted by atomic mass is 35.5. The highest BCUT2D eigenvalue weighted by Gasteiger charge is 2.47. The van der Waals surface area contributed by atoms with E-state index in [4.69, 9.17) is 16.3 Å². The number of aromatic nitrogens is 4. The Hall–Kier alpha value is -3.13. The highest BCUT2D eigenvalue weighted by molar-refractivity contribution is 6.32. The van der Waals surface area contributed by atoms with Gasteiger partial charge in [-0.25, -0.2) is 13.8 Å². The van der Waals surface area contributed by atoms with Crippen molar-refractivity contribution in [1.29, 1.82) is 0 Å². The Kier molecular flexibility index (Phi) is 7.83. The molecule has 2 aliphatic rings. The normalized spacial score (nSPS) is 21.8. The summed E-state index contributed by atoms with van der Waals surface area (Å²) in [5.41, 5.74) is 0.142. The molecule has 0 radical (unpaired) electrons. The second-order valence-electron chi connectivity index (χ2n) is 10.6. The van der Waals surface area contributed by atoms with E-state index in [1.807, 2.05) is 0 Å². The molecular formula is C26H32ClF2N7O4. The number of rotatable bonds is 8. The molecule has 14 heteroatoms. The van der Waals surface area contributed by atoms with Gasteiger partial charge in [0.05, 0.1) is 36.5 Å². The zero-order valence-electron chi connectivity index (χ0n) is 22.4. The molecule has 0 bridgehead atoms. The highest BCUT2D eigenvalue weighted by Crippen LogP contribution is 2.39. The van der Waals surface area contributed by atoms with E-state index < -0.39 is 35.1 Å². The van der Waals surface area contributed by atoms with Gasteiger partial charge < -0.3 is 29.2 Å². The number of halogens is 3. The molecule has 2 aromatic heterocycles. The lowest BCUT2D eigenvalue weighted by Gasteiger charge is -2.41. The molecule has 5 rings (SSSR count). The van der Waals surface area contributed by atoms with Gasteiger partial charge in [0.25, 0.3) is 5.92 Å². The van der Waals surface area contributed by atoms with Crippen molar-refractivity contribution in [2.45, 2.75) is 45.0 Å². The van der Waals surface area contributed by atoms with Crippen molar-refractivity contribution in [3.05, 3.63) is 50.1 Å². The molecule has 11 nitrogen and oxygen atoms in total. The summed E-state index contributed by atoms with van der Waals surface area (Å²) in [6.45, 7) is 4.34. The van der Waals surface area contributed by atoms with Crippen LogP contribution in [0, 0.1) is 11.8 Å². The van der Waals surface area contributed by atoms with Crippen molar-refractivity contribution >= 4 is 40.1 Å². The van der Waals surface area contributed by atoms with E-state index in [9.17, 15) is 23.5 Å². The van der Waals surface area contributed by atoms with Gasteiger partial charge in [-0.1, -0.05) is 25.4 Å². The summed E-state index contributed by atoms with van der Waals surface area (Å²) < 4.78 is 36.4. The number of aliphatic hydroxyl groups excluding tert-OH is 1. The summed E-state index contributed by atoms with van der Waals surface area (Å²) in [5, 5.41) is 16.7. The van der Waals surface area contributed by atoms with Crippen LogP contribution in [0.25, 0.3) is 11.0 Å². The molecule has 40 heavy (non-hydrogen) atoms. The van der Waals surface area contributed by atoms with E-state index in [2.05, 4.69) is 20.6 Å². The van der Waals surface area contributed by atoms with Crippen molar-refractivity contribution in [2.24, 2.45) is 18.9 Å². The molecule has 0 saturated carbocycles. The van der Waals surface area contributed by atoms with E-state index in [1.54, 1.807) is 23.1 Å². The molecule has 2 fully saturated rings. The Balaban J connectivity index is 1.42. The number of benzene rings is 1. The first-order chi connectivity index (χ1) is 19.0. The number of fused-ring (bicyclic) bond motifs is 1. The lowest BCUT2D eigenvalue weighted by molar-refractivity contribution is -0.105. The standard InChI is InChI=1S/C26H32ClF2N7O4/c1-14-10-35(11-15(2)26(14,28)29)25-30-9-18(27)22(33-25)32-16-4-5-19-20(8-16)36(24(39)23(38)34(19)3)7-6-21(37)31-17-12-40-13-17/h4-5,8-9,14-15,17,21,31,37H,6-7,10-13H2,1-3H3,(H,30,32,33)/t14-,15+,21?. The molecule has 1 aromatic carbocycles. The van der Waals surface area contributed by atoms with Gasteiger partial charge in [0.15, 0.2) is 5.82 Å². The van der Waals surface area contributed by atoms with Crippen LogP contribution in [0.15, 0.2) is 34.0 Å². The molecule has 1 unspecified atom stereocenters. The number of ether oxygens (including phenoxy) is 1. The fourth-order valence-corrected chi connectivity index (χ4v) is 5.24. The average molecular weight is 580 g/mol. The monoisotopic (exact) mass is 579 g/mol. The number of aryl methyl sites for hydroxylation is 2. The molecule has 0 aliphatic carbocycles. The third kappa shape index (κ3) is 5.42. The first-order valence-corrected chi connectivity index (χ1v) is 13.5. The average Bonchev–Trinajstić information content (AvgIpc) is 2.89. The third-order valence-electron chi connectivity index (χ3n) is 7.63. The number of nitrogens with one attached hydrogen (secondary N) is 2. The number of piperidine rings is 1. The minimum absolute atomic E-state index is 0.0539. The Morgan fingerprint density at radius 2 is 1.88 bits per heavy atom. The Morgan fingerprint density at radius 1 is 1.18 bits per heavy atom. The maximum atomic E-state index is 14.4. The van der Waals surface area contributed by atoms with Gasteiger partial charge in [0, 0.05) is 50.6 Å². The molecule has 2 saturated heterocycles. The summed E-state index contributed by atoms with van der Waals surface area (Å²) in [5.74, 6) is -3.97. The van der Waals surface area contributed by atoms with E-state index >= 15 is 0 Å². The number of nitrogens with zero attached hydrogens (tertiary/aromatic N) is 5. The van der Waals surface area contributed by atoms with Gasteiger partial charge in [-0.3, -0.25) is 14.9 Å². The number of aliphatic hydroxyl groups is 1. The van der Waals surface area contributed by atoms with Crippen molar-refractivity contribution in [1.82, 2.24) is 24.4 Å². The van der Waals surface area contributed by atoms with Crippen LogP contribution in [0.3, 0.4) is 0 Å². The largest absolute Gasteiger partial charge is 0.379 e. The number of hydrogen-bond acceptors (Lipinski definition) is 9. The molecule has 3 aromatic rings. The Labute approximate surface area is 233 Å². The second kappa shape index (κ2) is 11.0. The van der Waals surface area contributed by atoms with Crippen LogP contribution in [0.1, 0.15) is 20.3 Å². The maximum Gasteiger partial charge on any atom is 0.316 e. The smallest absolute Gasteiger partial charge is 0.316 e. The maximum absolute atomic E-state index is 14.4. The predicted molar refractivity (Wildman–Crippen MR) is 148 cm³/mol. The van der Waals surface area contributed by atoms with E-state index in [-0.39, 0.29) is 48.9 Å². The van der Waals surface area contributed by atoms with Crippen LogP contribution >= 0.6 is 11.6 Å². The van der Waals surface area contributed by atoms with E-state index in [0.29, 0.717) is 29.9 Å². The lowest BCUT2D eigenvalue weighted by atomic mass is 9.87. The number of alkyl halides is 2.